The number of aromatic nitrogens is 4. The zero-order valence-corrected chi connectivity index (χ0v) is 14.9. The Kier molecular flexibility index (Phi) is 3.51. The number of aryl methyl sites for hydroxylation is 1. The van der Waals surface area contributed by atoms with E-state index in [0.29, 0.717) is 24.7 Å². The SMILES string of the molecule is Cc1c(C(=O)N2CCc3ncnc(C4CC4)c3CC2)nc2ccccn12. The average molecular weight is 347 g/mol. The fourth-order valence-electron chi connectivity index (χ4n) is 3.93. The predicted molar refractivity (Wildman–Crippen MR) is 97.2 cm³/mol. The monoisotopic (exact) mass is 347 g/mol. The summed E-state index contributed by atoms with van der Waals surface area (Å²) in [5, 5.41) is 0. The van der Waals surface area contributed by atoms with Crippen molar-refractivity contribution in [1.82, 2.24) is 24.3 Å². The summed E-state index contributed by atoms with van der Waals surface area (Å²) in [5.74, 6) is 0.620. The van der Waals surface area contributed by atoms with Crippen molar-refractivity contribution in [1.29, 1.82) is 0 Å². The first-order valence-electron chi connectivity index (χ1n) is 9.28. The molecule has 26 heavy (non-hydrogen) atoms. The maximum absolute atomic E-state index is 13.1. The van der Waals surface area contributed by atoms with Crippen molar-refractivity contribution in [3.05, 3.63) is 59.1 Å². The average Bonchev–Trinajstić information content (AvgIpc) is 3.48. The van der Waals surface area contributed by atoms with Crippen molar-refractivity contribution in [2.75, 3.05) is 13.1 Å². The van der Waals surface area contributed by atoms with Crippen molar-refractivity contribution in [3.63, 3.8) is 0 Å². The van der Waals surface area contributed by atoms with E-state index in [1.165, 1.54) is 24.1 Å². The van der Waals surface area contributed by atoms with Crippen molar-refractivity contribution in [2.45, 2.75) is 38.5 Å². The molecule has 3 aromatic heterocycles. The van der Waals surface area contributed by atoms with Crippen molar-refractivity contribution in [2.24, 2.45) is 0 Å². The summed E-state index contributed by atoms with van der Waals surface area (Å²) in [6.07, 6.45) is 7.72. The number of rotatable bonds is 2. The summed E-state index contributed by atoms with van der Waals surface area (Å²) in [7, 11) is 0. The number of pyridine rings is 1. The molecule has 4 heterocycles. The molecule has 6 nitrogen and oxygen atoms in total. The van der Waals surface area contributed by atoms with E-state index in [0.717, 1.165) is 29.9 Å². The standard InChI is InChI=1S/C20H21N5O/c1-13-18(23-17-4-2-3-9-25(13)17)20(26)24-10-7-15-16(8-11-24)21-12-22-19(15)14-5-6-14/h2-4,9,12,14H,5-8,10-11H2,1H3. The van der Waals surface area contributed by atoms with Gasteiger partial charge in [-0.15, -0.1) is 0 Å². The third-order valence-corrected chi connectivity index (χ3v) is 5.54. The minimum atomic E-state index is 0.0138. The van der Waals surface area contributed by atoms with Crippen LogP contribution in [0.4, 0.5) is 0 Å². The highest BCUT2D eigenvalue weighted by atomic mass is 16.2. The summed E-state index contributed by atoms with van der Waals surface area (Å²) < 4.78 is 1.97. The fraction of sp³-hybridized carbons (Fsp3) is 0.400. The molecule has 1 aliphatic heterocycles. The maximum Gasteiger partial charge on any atom is 0.274 e. The van der Waals surface area contributed by atoms with Gasteiger partial charge in [-0.25, -0.2) is 15.0 Å². The van der Waals surface area contributed by atoms with Crippen LogP contribution in [0.1, 0.15) is 51.9 Å². The van der Waals surface area contributed by atoms with Gasteiger partial charge in [-0.2, -0.15) is 0 Å². The summed E-state index contributed by atoms with van der Waals surface area (Å²) in [6, 6.07) is 5.83. The highest BCUT2D eigenvalue weighted by Crippen LogP contribution is 2.41. The van der Waals surface area contributed by atoms with Crippen LogP contribution < -0.4 is 0 Å². The van der Waals surface area contributed by atoms with E-state index in [4.69, 9.17) is 0 Å². The molecule has 0 atom stereocenters. The lowest BCUT2D eigenvalue weighted by molar-refractivity contribution is 0.0757. The van der Waals surface area contributed by atoms with Crippen LogP contribution in [0, 0.1) is 6.92 Å². The van der Waals surface area contributed by atoms with Crippen molar-refractivity contribution in [3.8, 4) is 0 Å². The fourth-order valence-corrected chi connectivity index (χ4v) is 3.93. The maximum atomic E-state index is 13.1. The largest absolute Gasteiger partial charge is 0.337 e. The van der Waals surface area contributed by atoms with Gasteiger partial charge >= 0.3 is 0 Å². The number of fused-ring (bicyclic) bond motifs is 2. The van der Waals surface area contributed by atoms with Crippen LogP contribution in [0.5, 0.6) is 0 Å². The molecule has 1 saturated carbocycles. The van der Waals surface area contributed by atoms with Gasteiger partial charge in [0.05, 0.1) is 11.4 Å². The smallest absolute Gasteiger partial charge is 0.274 e. The number of carbonyl (C=O) groups is 1. The van der Waals surface area contributed by atoms with Crippen LogP contribution in [0.15, 0.2) is 30.7 Å². The van der Waals surface area contributed by atoms with E-state index in [1.807, 2.05) is 40.6 Å². The van der Waals surface area contributed by atoms with Crippen molar-refractivity contribution >= 4 is 11.6 Å². The van der Waals surface area contributed by atoms with E-state index in [-0.39, 0.29) is 5.91 Å². The predicted octanol–water partition coefficient (Wildman–Crippen LogP) is 2.55. The Bertz CT molecular complexity index is 1000. The number of imidazole rings is 1. The van der Waals surface area contributed by atoms with Gasteiger partial charge in [-0.1, -0.05) is 6.07 Å². The van der Waals surface area contributed by atoms with Gasteiger partial charge in [0.2, 0.25) is 0 Å². The Labute approximate surface area is 151 Å². The first-order valence-corrected chi connectivity index (χ1v) is 9.28. The molecule has 0 saturated heterocycles. The molecule has 1 fully saturated rings. The quantitative estimate of drug-likeness (QED) is 0.715. The van der Waals surface area contributed by atoms with Crippen molar-refractivity contribution < 1.29 is 4.79 Å². The topological polar surface area (TPSA) is 63.4 Å². The van der Waals surface area contributed by atoms with Gasteiger partial charge in [0.1, 0.15) is 17.7 Å². The Morgan fingerprint density at radius 1 is 1.15 bits per heavy atom. The third-order valence-electron chi connectivity index (χ3n) is 5.54. The highest BCUT2D eigenvalue weighted by molar-refractivity contribution is 5.94. The number of hydrogen-bond donors (Lipinski definition) is 0. The van der Waals surface area contributed by atoms with Crippen LogP contribution >= 0.6 is 0 Å². The van der Waals surface area contributed by atoms with Crippen LogP contribution in [0.3, 0.4) is 0 Å². The third kappa shape index (κ3) is 2.48. The molecule has 1 amide bonds. The lowest BCUT2D eigenvalue weighted by Crippen LogP contribution is -2.34. The summed E-state index contributed by atoms with van der Waals surface area (Å²) in [5.41, 5.74) is 5.86. The van der Waals surface area contributed by atoms with Crippen LogP contribution in [-0.4, -0.2) is 43.2 Å². The molecule has 0 unspecified atom stereocenters. The molecule has 5 rings (SSSR count). The molecular formula is C20H21N5O. The molecule has 0 N–H and O–H groups in total. The number of amides is 1. The molecular weight excluding hydrogens is 326 g/mol. The van der Waals surface area contributed by atoms with E-state index in [2.05, 4.69) is 15.0 Å². The lowest BCUT2D eigenvalue weighted by Gasteiger charge is -2.19. The molecule has 0 aromatic carbocycles. The van der Waals surface area contributed by atoms with E-state index < -0.39 is 0 Å². The zero-order valence-electron chi connectivity index (χ0n) is 14.9. The second-order valence-corrected chi connectivity index (χ2v) is 7.23. The molecule has 0 bridgehead atoms. The molecule has 0 radical (unpaired) electrons. The number of nitrogens with zero attached hydrogens (tertiary/aromatic N) is 5. The van der Waals surface area contributed by atoms with Gasteiger partial charge in [0.15, 0.2) is 0 Å². The summed E-state index contributed by atoms with van der Waals surface area (Å²) in [4.78, 5) is 28.7. The molecule has 2 aliphatic rings. The van der Waals surface area contributed by atoms with E-state index >= 15 is 0 Å². The normalized spacial score (nSPS) is 17.2. The summed E-state index contributed by atoms with van der Waals surface area (Å²) >= 11 is 0. The zero-order chi connectivity index (χ0) is 17.7. The second kappa shape index (κ2) is 5.90. The van der Waals surface area contributed by atoms with Crippen LogP contribution in [-0.2, 0) is 12.8 Å². The summed E-state index contributed by atoms with van der Waals surface area (Å²) in [6.45, 7) is 3.34. The highest BCUT2D eigenvalue weighted by Gasteiger charge is 2.31. The Morgan fingerprint density at radius 3 is 2.81 bits per heavy atom. The Hall–Kier alpha value is -2.76. The van der Waals surface area contributed by atoms with Gasteiger partial charge in [0, 0.05) is 37.3 Å². The van der Waals surface area contributed by atoms with Gasteiger partial charge in [0.25, 0.3) is 5.91 Å². The van der Waals surface area contributed by atoms with E-state index in [9.17, 15) is 4.79 Å². The number of hydrogen-bond acceptors (Lipinski definition) is 4. The van der Waals surface area contributed by atoms with Crippen LogP contribution in [0.25, 0.3) is 5.65 Å². The minimum absolute atomic E-state index is 0.0138. The van der Waals surface area contributed by atoms with Gasteiger partial charge in [-0.05, 0) is 43.9 Å². The molecule has 1 aliphatic carbocycles. The molecule has 132 valence electrons. The second-order valence-electron chi connectivity index (χ2n) is 7.23. The van der Waals surface area contributed by atoms with Gasteiger partial charge < -0.3 is 9.30 Å². The Morgan fingerprint density at radius 2 is 2.00 bits per heavy atom. The minimum Gasteiger partial charge on any atom is -0.337 e. The van der Waals surface area contributed by atoms with Gasteiger partial charge in [-0.3, -0.25) is 4.79 Å². The lowest BCUT2D eigenvalue weighted by atomic mass is 10.0. The Balaban J connectivity index is 1.43. The van der Waals surface area contributed by atoms with Crippen LogP contribution in [0.2, 0.25) is 0 Å². The molecule has 3 aromatic rings. The molecule has 6 heteroatoms. The number of carbonyl (C=O) groups excluding carboxylic acids is 1. The van der Waals surface area contributed by atoms with E-state index in [1.54, 1.807) is 6.33 Å². The first-order chi connectivity index (χ1) is 12.7. The first kappa shape index (κ1) is 15.5. The molecule has 0 spiro atoms.